The third-order valence-electron chi connectivity index (χ3n) is 2.18. The van der Waals surface area contributed by atoms with Crippen molar-refractivity contribution in [1.82, 2.24) is 0 Å². The molecule has 0 saturated carbocycles. The van der Waals surface area contributed by atoms with Crippen LogP contribution in [0.2, 0.25) is 0 Å². The molecule has 9 heteroatoms. The van der Waals surface area contributed by atoms with E-state index in [1.807, 2.05) is 0 Å². The van der Waals surface area contributed by atoms with E-state index in [2.05, 4.69) is 0 Å². The van der Waals surface area contributed by atoms with Gasteiger partial charge in [-0.15, -0.1) is 0 Å². The van der Waals surface area contributed by atoms with Crippen LogP contribution in [0, 0.1) is 31.6 Å². The Labute approximate surface area is 112 Å². The normalized spacial score (nSPS) is 10.4. The second-order valence-corrected chi connectivity index (χ2v) is 4.26. The van der Waals surface area contributed by atoms with Gasteiger partial charge in [-0.25, -0.2) is 4.79 Å². The number of non-ortho nitro benzene ring substituents is 2. The summed E-state index contributed by atoms with van der Waals surface area (Å²) >= 11 is 0. The van der Waals surface area contributed by atoms with Crippen molar-refractivity contribution >= 4 is 17.3 Å². The van der Waals surface area contributed by atoms with E-state index in [4.69, 9.17) is 10.00 Å². The zero-order valence-electron chi connectivity index (χ0n) is 10.5. The highest BCUT2D eigenvalue weighted by atomic mass is 16.6. The number of hydrogen-bond acceptors (Lipinski definition) is 7. The van der Waals surface area contributed by atoms with Gasteiger partial charge in [-0.2, -0.15) is 5.26 Å². The van der Waals surface area contributed by atoms with Crippen LogP contribution in [0.25, 0.3) is 0 Å². The third-order valence-corrected chi connectivity index (χ3v) is 2.18. The molecule has 0 heterocycles. The number of hydrogen-bond donors (Lipinski definition) is 0. The van der Waals surface area contributed by atoms with Crippen LogP contribution < -0.4 is 0 Å². The average molecular weight is 279 g/mol. The van der Waals surface area contributed by atoms with Crippen molar-refractivity contribution in [3.63, 3.8) is 0 Å². The van der Waals surface area contributed by atoms with Gasteiger partial charge in [0.1, 0.15) is 6.07 Å². The zero-order chi connectivity index (χ0) is 15.5. The second-order valence-electron chi connectivity index (χ2n) is 4.26. The van der Waals surface area contributed by atoms with Gasteiger partial charge in [0.25, 0.3) is 11.4 Å². The second kappa shape index (κ2) is 5.31. The van der Waals surface area contributed by atoms with Crippen LogP contribution in [0.3, 0.4) is 0 Å². The molecule has 0 N–H and O–H groups in total. The smallest absolute Gasteiger partial charge is 0.340 e. The summed E-state index contributed by atoms with van der Waals surface area (Å²) in [5, 5.41) is 30.1. The van der Waals surface area contributed by atoms with E-state index < -0.39 is 32.8 Å². The number of esters is 1. The van der Waals surface area contributed by atoms with Crippen molar-refractivity contribution in [3.8, 4) is 6.07 Å². The highest BCUT2D eigenvalue weighted by molar-refractivity contribution is 5.91. The van der Waals surface area contributed by atoms with Gasteiger partial charge in [-0.05, 0) is 13.8 Å². The first kappa shape index (κ1) is 15.0. The maximum atomic E-state index is 11.8. The van der Waals surface area contributed by atoms with Crippen LogP contribution in [0.15, 0.2) is 18.2 Å². The molecule has 0 radical (unpaired) electrons. The van der Waals surface area contributed by atoms with Gasteiger partial charge < -0.3 is 4.74 Å². The Kier molecular flexibility index (Phi) is 3.99. The maximum Gasteiger partial charge on any atom is 0.340 e. The Morgan fingerprint density at radius 3 is 2.00 bits per heavy atom. The molecule has 0 unspecified atom stereocenters. The Bertz CT molecular complexity index is 599. The van der Waals surface area contributed by atoms with Crippen molar-refractivity contribution in [2.75, 3.05) is 0 Å². The molecule has 0 fully saturated rings. The molecule has 0 aliphatic rings. The molecular weight excluding hydrogens is 270 g/mol. The van der Waals surface area contributed by atoms with Crippen LogP contribution in [0.1, 0.15) is 24.2 Å². The lowest BCUT2D eigenvalue weighted by atomic mass is 10.1. The predicted molar refractivity (Wildman–Crippen MR) is 64.9 cm³/mol. The van der Waals surface area contributed by atoms with Crippen molar-refractivity contribution in [2.45, 2.75) is 19.4 Å². The number of nitro benzene ring substituents is 2. The molecule has 20 heavy (non-hydrogen) atoms. The molecule has 1 aromatic rings. The molecule has 0 atom stereocenters. The Morgan fingerprint density at radius 1 is 1.20 bits per heavy atom. The Balaban J connectivity index is 3.24. The maximum absolute atomic E-state index is 11.8. The number of nitro groups is 2. The number of carbonyl (C=O) groups is 1. The van der Waals surface area contributed by atoms with Gasteiger partial charge in [0.05, 0.1) is 21.5 Å². The van der Waals surface area contributed by atoms with Gasteiger partial charge in [0.15, 0.2) is 5.60 Å². The predicted octanol–water partition coefficient (Wildman–Crippen LogP) is 1.96. The molecule has 0 amide bonds. The van der Waals surface area contributed by atoms with Crippen molar-refractivity contribution in [2.24, 2.45) is 0 Å². The molecule has 0 aliphatic heterocycles. The van der Waals surface area contributed by atoms with Crippen molar-refractivity contribution < 1.29 is 19.4 Å². The molecule has 9 nitrogen and oxygen atoms in total. The standard InChI is InChI=1S/C11H9N3O6/c1-11(2,6-12)20-10(15)7-3-8(13(16)17)5-9(4-7)14(18)19/h3-5H,1-2H3. The van der Waals surface area contributed by atoms with Crippen LogP contribution in [-0.2, 0) is 4.74 Å². The first-order chi connectivity index (χ1) is 9.16. The fourth-order valence-corrected chi connectivity index (χ4v) is 1.24. The molecule has 0 bridgehead atoms. The summed E-state index contributed by atoms with van der Waals surface area (Å²) in [6, 6.07) is 4.13. The number of ether oxygens (including phenoxy) is 1. The Morgan fingerprint density at radius 2 is 1.65 bits per heavy atom. The fourth-order valence-electron chi connectivity index (χ4n) is 1.24. The lowest BCUT2D eigenvalue weighted by molar-refractivity contribution is -0.394. The molecule has 104 valence electrons. The molecule has 1 aromatic carbocycles. The summed E-state index contributed by atoms with van der Waals surface area (Å²) in [7, 11) is 0. The van der Waals surface area contributed by atoms with Crippen LogP contribution in [0.5, 0.6) is 0 Å². The topological polar surface area (TPSA) is 136 Å². The monoisotopic (exact) mass is 279 g/mol. The van der Waals surface area contributed by atoms with E-state index >= 15 is 0 Å². The summed E-state index contributed by atoms with van der Waals surface area (Å²) in [6.07, 6.45) is 0. The minimum Gasteiger partial charge on any atom is -0.441 e. The minimum absolute atomic E-state index is 0.366. The summed E-state index contributed by atoms with van der Waals surface area (Å²) < 4.78 is 4.80. The minimum atomic E-state index is -1.45. The summed E-state index contributed by atoms with van der Waals surface area (Å²) in [5.74, 6) is -1.05. The number of benzene rings is 1. The summed E-state index contributed by atoms with van der Waals surface area (Å²) in [6.45, 7) is 2.63. The molecular formula is C11H9N3O6. The number of nitrogens with zero attached hydrogens (tertiary/aromatic N) is 3. The molecule has 0 saturated heterocycles. The van der Waals surface area contributed by atoms with E-state index in [0.717, 1.165) is 18.2 Å². The highest BCUT2D eigenvalue weighted by Crippen LogP contribution is 2.24. The van der Waals surface area contributed by atoms with E-state index in [1.54, 1.807) is 6.07 Å². The molecule has 1 rings (SSSR count). The van der Waals surface area contributed by atoms with Gasteiger partial charge in [0, 0.05) is 12.1 Å². The Hall–Kier alpha value is -3.02. The average Bonchev–Trinajstić information content (AvgIpc) is 2.37. The molecule has 0 spiro atoms. The van der Waals surface area contributed by atoms with Crippen LogP contribution >= 0.6 is 0 Å². The van der Waals surface area contributed by atoms with Crippen LogP contribution in [-0.4, -0.2) is 21.4 Å². The lowest BCUT2D eigenvalue weighted by Crippen LogP contribution is -2.26. The largest absolute Gasteiger partial charge is 0.441 e. The number of carbonyl (C=O) groups excluding carboxylic acids is 1. The number of nitriles is 1. The number of rotatable bonds is 4. The highest BCUT2D eigenvalue weighted by Gasteiger charge is 2.26. The van der Waals surface area contributed by atoms with Crippen molar-refractivity contribution in [3.05, 3.63) is 44.0 Å². The van der Waals surface area contributed by atoms with E-state index in [-0.39, 0.29) is 5.56 Å². The molecule has 0 aliphatic carbocycles. The van der Waals surface area contributed by atoms with Gasteiger partial charge in [-0.3, -0.25) is 20.2 Å². The van der Waals surface area contributed by atoms with Gasteiger partial charge in [0.2, 0.25) is 0 Å². The van der Waals surface area contributed by atoms with E-state index in [1.165, 1.54) is 13.8 Å². The van der Waals surface area contributed by atoms with Crippen LogP contribution in [0.4, 0.5) is 11.4 Å². The van der Waals surface area contributed by atoms with Gasteiger partial charge in [-0.1, -0.05) is 0 Å². The van der Waals surface area contributed by atoms with Crippen molar-refractivity contribution in [1.29, 1.82) is 5.26 Å². The molecule has 0 aromatic heterocycles. The first-order valence-electron chi connectivity index (χ1n) is 5.25. The quantitative estimate of drug-likeness (QED) is 0.466. The fraction of sp³-hybridized carbons (Fsp3) is 0.273. The first-order valence-corrected chi connectivity index (χ1v) is 5.25. The summed E-state index contributed by atoms with van der Waals surface area (Å²) in [4.78, 5) is 31.4. The SMILES string of the molecule is CC(C)(C#N)OC(=O)c1cc([N+](=O)[O-])cc([N+](=O)[O-])c1. The third kappa shape index (κ3) is 3.49. The van der Waals surface area contributed by atoms with E-state index in [9.17, 15) is 25.0 Å². The lowest BCUT2D eigenvalue weighted by Gasteiger charge is -2.16. The van der Waals surface area contributed by atoms with Gasteiger partial charge >= 0.3 is 5.97 Å². The van der Waals surface area contributed by atoms with E-state index in [0.29, 0.717) is 0 Å². The zero-order valence-corrected chi connectivity index (χ0v) is 10.5. The summed E-state index contributed by atoms with van der Waals surface area (Å²) in [5.41, 5.74) is -3.03.